The average Bonchev–Trinajstić information content (AvgIpc) is 2.58. The Morgan fingerprint density at radius 3 is 2.43 bits per heavy atom. The van der Waals surface area contributed by atoms with Crippen molar-refractivity contribution in [1.82, 2.24) is 0 Å². The molecule has 0 spiro atoms. The predicted octanol–water partition coefficient (Wildman–Crippen LogP) is 4.41. The number of para-hydroxylation sites is 1. The van der Waals surface area contributed by atoms with Crippen LogP contribution in [0.25, 0.3) is 0 Å². The second-order valence-corrected chi connectivity index (χ2v) is 5.21. The molecule has 2 rings (SSSR count). The van der Waals surface area contributed by atoms with Gasteiger partial charge < -0.3 is 14.4 Å². The van der Waals surface area contributed by atoms with Crippen LogP contribution in [0, 0.1) is 0 Å². The highest BCUT2D eigenvalue weighted by Gasteiger charge is 2.20. The molecule has 5 heteroatoms. The van der Waals surface area contributed by atoms with Crippen LogP contribution in [0.15, 0.2) is 42.5 Å². The average molecular weight is 334 g/mol. The number of methoxy groups -OCH3 is 1. The highest BCUT2D eigenvalue weighted by atomic mass is 35.5. The lowest BCUT2D eigenvalue weighted by atomic mass is 10.1. The van der Waals surface area contributed by atoms with Gasteiger partial charge in [-0.1, -0.05) is 29.8 Å². The zero-order chi connectivity index (χ0) is 16.8. The van der Waals surface area contributed by atoms with Crippen molar-refractivity contribution in [1.29, 1.82) is 0 Å². The first-order valence-electron chi connectivity index (χ1n) is 7.49. The fraction of sp³-hybridized carbons (Fsp3) is 0.278. The summed E-state index contributed by atoms with van der Waals surface area (Å²) < 4.78 is 10.8. The van der Waals surface area contributed by atoms with E-state index in [0.29, 0.717) is 35.2 Å². The summed E-state index contributed by atoms with van der Waals surface area (Å²) in [6.07, 6.45) is 0. The third-order valence-electron chi connectivity index (χ3n) is 3.39. The molecule has 0 aliphatic carbocycles. The van der Waals surface area contributed by atoms with Crippen LogP contribution >= 0.6 is 11.6 Å². The predicted molar refractivity (Wildman–Crippen MR) is 93.0 cm³/mol. The van der Waals surface area contributed by atoms with E-state index < -0.39 is 0 Å². The number of rotatable bonds is 6. The van der Waals surface area contributed by atoms with E-state index in [9.17, 15) is 4.79 Å². The van der Waals surface area contributed by atoms with Crippen LogP contribution in [-0.4, -0.2) is 26.2 Å². The van der Waals surface area contributed by atoms with Gasteiger partial charge in [-0.3, -0.25) is 4.79 Å². The maximum atomic E-state index is 12.8. The van der Waals surface area contributed by atoms with Gasteiger partial charge in [0.25, 0.3) is 5.91 Å². The summed E-state index contributed by atoms with van der Waals surface area (Å²) in [6.45, 7) is 4.81. The molecule has 0 bridgehead atoms. The minimum atomic E-state index is -0.137. The van der Waals surface area contributed by atoms with E-state index in [1.54, 1.807) is 17.0 Å². The minimum absolute atomic E-state index is 0.137. The zero-order valence-corrected chi connectivity index (χ0v) is 14.3. The molecule has 23 heavy (non-hydrogen) atoms. The van der Waals surface area contributed by atoms with Gasteiger partial charge in [0.2, 0.25) is 0 Å². The smallest absolute Gasteiger partial charge is 0.258 e. The van der Waals surface area contributed by atoms with Gasteiger partial charge in [-0.2, -0.15) is 0 Å². The molecule has 122 valence electrons. The van der Waals surface area contributed by atoms with Crippen molar-refractivity contribution >= 4 is 23.2 Å². The van der Waals surface area contributed by atoms with Crippen molar-refractivity contribution in [2.45, 2.75) is 13.8 Å². The van der Waals surface area contributed by atoms with Gasteiger partial charge in [0, 0.05) is 17.8 Å². The zero-order valence-electron chi connectivity index (χ0n) is 13.5. The Hall–Kier alpha value is -2.20. The van der Waals surface area contributed by atoms with Gasteiger partial charge in [0.15, 0.2) is 11.5 Å². The highest BCUT2D eigenvalue weighted by molar-refractivity contribution is 6.32. The van der Waals surface area contributed by atoms with Crippen molar-refractivity contribution in [2.75, 3.05) is 25.2 Å². The summed E-state index contributed by atoms with van der Waals surface area (Å²) in [4.78, 5) is 14.5. The van der Waals surface area contributed by atoms with Gasteiger partial charge in [-0.25, -0.2) is 0 Å². The van der Waals surface area contributed by atoms with Gasteiger partial charge in [-0.15, -0.1) is 0 Å². The lowest BCUT2D eigenvalue weighted by Gasteiger charge is -2.22. The van der Waals surface area contributed by atoms with E-state index >= 15 is 0 Å². The Bertz CT molecular complexity index is 673. The van der Waals surface area contributed by atoms with Crippen LogP contribution in [0.2, 0.25) is 5.02 Å². The van der Waals surface area contributed by atoms with Gasteiger partial charge in [-0.05, 0) is 38.1 Å². The lowest BCUT2D eigenvalue weighted by Crippen LogP contribution is -2.30. The van der Waals surface area contributed by atoms with E-state index in [2.05, 4.69) is 0 Å². The molecule has 0 heterocycles. The van der Waals surface area contributed by atoms with Crippen LogP contribution in [-0.2, 0) is 0 Å². The van der Waals surface area contributed by atoms with Crippen LogP contribution in [0.4, 0.5) is 5.69 Å². The number of hydrogen-bond donors (Lipinski definition) is 0. The van der Waals surface area contributed by atoms with E-state index in [0.717, 1.165) is 5.69 Å². The Balaban J connectivity index is 2.40. The van der Waals surface area contributed by atoms with Gasteiger partial charge in [0.05, 0.1) is 18.7 Å². The molecular formula is C18H20ClNO3. The first-order valence-corrected chi connectivity index (χ1v) is 7.87. The summed E-state index contributed by atoms with van der Waals surface area (Å²) in [5.41, 5.74) is 1.30. The fourth-order valence-corrected chi connectivity index (χ4v) is 2.60. The number of hydrogen-bond acceptors (Lipinski definition) is 3. The van der Waals surface area contributed by atoms with Crippen molar-refractivity contribution in [3.63, 3.8) is 0 Å². The highest BCUT2D eigenvalue weighted by Crippen LogP contribution is 2.37. The topological polar surface area (TPSA) is 38.8 Å². The molecule has 4 nitrogen and oxygen atoms in total. The van der Waals surface area contributed by atoms with Crippen molar-refractivity contribution in [2.24, 2.45) is 0 Å². The van der Waals surface area contributed by atoms with Crippen LogP contribution in [0.1, 0.15) is 24.2 Å². The van der Waals surface area contributed by atoms with Gasteiger partial charge in [0.1, 0.15) is 0 Å². The number of carbonyl (C=O) groups is 1. The Morgan fingerprint density at radius 2 is 1.87 bits per heavy atom. The van der Waals surface area contributed by atoms with E-state index in [1.165, 1.54) is 7.11 Å². The minimum Gasteiger partial charge on any atom is -0.493 e. The number of nitrogens with zero attached hydrogens (tertiary/aromatic N) is 1. The van der Waals surface area contributed by atoms with Crippen molar-refractivity contribution < 1.29 is 14.3 Å². The third kappa shape index (κ3) is 3.77. The number of halogens is 1. The number of anilines is 1. The molecule has 0 fully saturated rings. The van der Waals surface area contributed by atoms with E-state index in [1.807, 2.05) is 44.2 Å². The van der Waals surface area contributed by atoms with Crippen LogP contribution in [0.5, 0.6) is 11.5 Å². The van der Waals surface area contributed by atoms with Crippen LogP contribution in [0.3, 0.4) is 0 Å². The molecule has 0 unspecified atom stereocenters. The molecule has 0 radical (unpaired) electrons. The first-order chi connectivity index (χ1) is 11.1. The third-order valence-corrected chi connectivity index (χ3v) is 3.68. The summed E-state index contributed by atoms with van der Waals surface area (Å²) in [7, 11) is 1.53. The summed E-state index contributed by atoms with van der Waals surface area (Å²) in [5, 5.41) is 0.360. The van der Waals surface area contributed by atoms with Crippen LogP contribution < -0.4 is 14.4 Å². The van der Waals surface area contributed by atoms with E-state index in [4.69, 9.17) is 21.1 Å². The number of ether oxygens (including phenoxy) is 2. The number of benzene rings is 2. The molecule has 0 aliphatic heterocycles. The maximum absolute atomic E-state index is 12.8. The molecular weight excluding hydrogens is 314 g/mol. The molecule has 2 aromatic carbocycles. The summed E-state index contributed by atoms with van der Waals surface area (Å²) >= 11 is 6.25. The fourth-order valence-electron chi connectivity index (χ4n) is 2.33. The number of amides is 1. The Morgan fingerprint density at radius 1 is 1.17 bits per heavy atom. The SMILES string of the molecule is CCOc1c(Cl)cc(C(=O)N(CC)c2ccccc2)cc1OC. The molecule has 0 saturated heterocycles. The Kier molecular flexibility index (Phi) is 5.88. The van der Waals surface area contributed by atoms with E-state index in [-0.39, 0.29) is 5.91 Å². The molecule has 1 amide bonds. The van der Waals surface area contributed by atoms with Gasteiger partial charge >= 0.3 is 0 Å². The quantitative estimate of drug-likeness (QED) is 0.785. The molecule has 0 aliphatic rings. The monoisotopic (exact) mass is 333 g/mol. The lowest BCUT2D eigenvalue weighted by molar-refractivity contribution is 0.0988. The Labute approximate surface area is 141 Å². The normalized spacial score (nSPS) is 10.3. The standard InChI is InChI=1S/C18H20ClNO3/c1-4-20(14-9-7-6-8-10-14)18(21)13-11-15(19)17(23-5-2)16(12-13)22-3/h6-12H,4-5H2,1-3H3. The molecule has 0 aromatic heterocycles. The molecule has 2 aromatic rings. The molecule has 0 N–H and O–H groups in total. The molecule has 0 atom stereocenters. The maximum Gasteiger partial charge on any atom is 0.258 e. The second-order valence-electron chi connectivity index (χ2n) is 4.81. The van der Waals surface area contributed by atoms with Crippen molar-refractivity contribution in [3.8, 4) is 11.5 Å². The summed E-state index contributed by atoms with van der Waals surface area (Å²) in [6, 6.07) is 12.8. The number of carbonyl (C=O) groups excluding carboxylic acids is 1. The summed E-state index contributed by atoms with van der Waals surface area (Å²) in [5.74, 6) is 0.768. The second kappa shape index (κ2) is 7.88. The first kappa shape index (κ1) is 17.2. The largest absolute Gasteiger partial charge is 0.493 e. The van der Waals surface area contributed by atoms with Crippen molar-refractivity contribution in [3.05, 3.63) is 53.1 Å². The molecule has 0 saturated carbocycles.